The molecular formula is C15H21NO4S. The van der Waals surface area contributed by atoms with Crippen molar-refractivity contribution in [3.63, 3.8) is 0 Å². The van der Waals surface area contributed by atoms with Crippen LogP contribution in [0.1, 0.15) is 43.0 Å². The van der Waals surface area contributed by atoms with Gasteiger partial charge >= 0.3 is 0 Å². The number of rotatable bonds is 6. The van der Waals surface area contributed by atoms with Crippen LogP contribution >= 0.6 is 0 Å². The molecule has 6 heteroatoms. The predicted octanol–water partition coefficient (Wildman–Crippen LogP) is 2.13. The van der Waals surface area contributed by atoms with Gasteiger partial charge in [0.15, 0.2) is 5.78 Å². The zero-order valence-electron chi connectivity index (χ0n) is 12.2. The smallest absolute Gasteiger partial charge is 0.240 e. The Morgan fingerprint density at radius 2 is 2.19 bits per heavy atom. The normalized spacial score (nSPS) is 19.4. The Morgan fingerprint density at radius 3 is 2.86 bits per heavy atom. The van der Waals surface area contributed by atoms with E-state index < -0.39 is 10.0 Å². The number of nitrogens with one attached hydrogen (secondary N) is 1. The van der Waals surface area contributed by atoms with Crippen molar-refractivity contribution >= 4 is 15.8 Å². The van der Waals surface area contributed by atoms with Crippen molar-refractivity contribution in [2.24, 2.45) is 0 Å². The van der Waals surface area contributed by atoms with Crippen molar-refractivity contribution in [3.05, 3.63) is 29.8 Å². The fourth-order valence-corrected chi connectivity index (χ4v) is 3.45. The highest BCUT2D eigenvalue weighted by Crippen LogP contribution is 2.16. The molecule has 0 spiro atoms. The molecule has 1 N–H and O–H groups in total. The van der Waals surface area contributed by atoms with E-state index in [1.807, 2.05) is 0 Å². The van der Waals surface area contributed by atoms with Gasteiger partial charge in [-0.25, -0.2) is 13.1 Å². The molecule has 1 aromatic rings. The Kier molecular flexibility index (Phi) is 5.50. The summed E-state index contributed by atoms with van der Waals surface area (Å²) in [5, 5.41) is 0. The molecule has 1 atom stereocenters. The number of Topliss-reactive ketones (excluding diaryl/α,β-unsaturated/α-hetero) is 1. The van der Waals surface area contributed by atoms with Crippen LogP contribution in [0.3, 0.4) is 0 Å². The quantitative estimate of drug-likeness (QED) is 0.817. The van der Waals surface area contributed by atoms with Gasteiger partial charge in [0.2, 0.25) is 10.0 Å². The van der Waals surface area contributed by atoms with Crippen LogP contribution in [0.4, 0.5) is 0 Å². The van der Waals surface area contributed by atoms with Crippen LogP contribution < -0.4 is 4.72 Å². The molecule has 1 heterocycles. The van der Waals surface area contributed by atoms with Crippen molar-refractivity contribution in [2.75, 3.05) is 13.2 Å². The first-order chi connectivity index (χ1) is 9.99. The Bertz CT molecular complexity index is 591. The minimum absolute atomic E-state index is 0.125. The number of carbonyl (C=O) groups is 1. The van der Waals surface area contributed by atoms with E-state index in [2.05, 4.69) is 4.72 Å². The first kappa shape index (κ1) is 16.1. The minimum atomic E-state index is -3.57. The van der Waals surface area contributed by atoms with Crippen LogP contribution in [0.25, 0.3) is 0 Å². The number of hydrogen-bond donors (Lipinski definition) is 1. The monoisotopic (exact) mass is 311 g/mol. The average molecular weight is 311 g/mol. The summed E-state index contributed by atoms with van der Waals surface area (Å²) in [6.07, 6.45) is 4.02. The van der Waals surface area contributed by atoms with E-state index in [1.165, 1.54) is 19.1 Å². The molecule has 1 unspecified atom stereocenters. The topological polar surface area (TPSA) is 72.5 Å². The van der Waals surface area contributed by atoms with E-state index in [9.17, 15) is 13.2 Å². The van der Waals surface area contributed by atoms with Gasteiger partial charge in [0, 0.05) is 18.7 Å². The van der Waals surface area contributed by atoms with Gasteiger partial charge in [0.1, 0.15) is 0 Å². The fourth-order valence-electron chi connectivity index (χ4n) is 2.35. The number of benzene rings is 1. The van der Waals surface area contributed by atoms with Gasteiger partial charge in [-0.1, -0.05) is 12.1 Å². The third-order valence-electron chi connectivity index (χ3n) is 3.58. The van der Waals surface area contributed by atoms with Crippen LogP contribution in [-0.2, 0) is 14.8 Å². The highest BCUT2D eigenvalue weighted by Gasteiger charge is 2.17. The summed E-state index contributed by atoms with van der Waals surface area (Å²) in [7, 11) is -3.57. The summed E-state index contributed by atoms with van der Waals surface area (Å²) in [5.74, 6) is -0.150. The highest BCUT2D eigenvalue weighted by molar-refractivity contribution is 7.89. The first-order valence-electron chi connectivity index (χ1n) is 7.21. The molecule has 0 amide bonds. The van der Waals surface area contributed by atoms with Crippen LogP contribution in [0, 0.1) is 0 Å². The molecule has 1 aliphatic rings. The third-order valence-corrected chi connectivity index (χ3v) is 5.04. The maximum absolute atomic E-state index is 12.2. The maximum Gasteiger partial charge on any atom is 0.240 e. The molecule has 0 aromatic heterocycles. The summed E-state index contributed by atoms with van der Waals surface area (Å²) >= 11 is 0. The van der Waals surface area contributed by atoms with Gasteiger partial charge in [-0.2, -0.15) is 0 Å². The Morgan fingerprint density at radius 1 is 1.38 bits per heavy atom. The Labute approximate surface area is 125 Å². The molecule has 0 radical (unpaired) electrons. The molecule has 0 bridgehead atoms. The zero-order chi connectivity index (χ0) is 15.3. The van der Waals surface area contributed by atoms with E-state index >= 15 is 0 Å². The van der Waals surface area contributed by atoms with E-state index in [0.29, 0.717) is 18.5 Å². The molecular weight excluding hydrogens is 290 g/mol. The molecule has 1 fully saturated rings. The molecule has 0 aliphatic carbocycles. The lowest BCUT2D eigenvalue weighted by Crippen LogP contribution is -2.29. The van der Waals surface area contributed by atoms with E-state index in [1.54, 1.807) is 12.1 Å². The molecule has 116 valence electrons. The van der Waals surface area contributed by atoms with E-state index in [0.717, 1.165) is 25.9 Å². The number of carbonyl (C=O) groups excluding carboxylic acids is 1. The SMILES string of the molecule is CC(=O)c1cccc(S(=O)(=O)NCCC2CCCCO2)c1. The largest absolute Gasteiger partial charge is 0.378 e. The second kappa shape index (κ2) is 7.15. The molecule has 1 aliphatic heterocycles. The summed E-state index contributed by atoms with van der Waals surface area (Å²) in [6.45, 7) is 2.52. The number of sulfonamides is 1. The minimum Gasteiger partial charge on any atom is -0.378 e. The van der Waals surface area contributed by atoms with Crippen molar-refractivity contribution in [2.45, 2.75) is 43.6 Å². The van der Waals surface area contributed by atoms with Crippen LogP contribution in [0.15, 0.2) is 29.2 Å². The first-order valence-corrected chi connectivity index (χ1v) is 8.69. The number of hydrogen-bond acceptors (Lipinski definition) is 4. The van der Waals surface area contributed by atoms with Crippen molar-refractivity contribution in [1.82, 2.24) is 4.72 Å². The van der Waals surface area contributed by atoms with Crippen LogP contribution in [0.5, 0.6) is 0 Å². The van der Waals surface area contributed by atoms with Gasteiger partial charge < -0.3 is 4.74 Å². The average Bonchev–Trinajstić information content (AvgIpc) is 2.48. The van der Waals surface area contributed by atoms with Crippen LogP contribution in [-0.4, -0.2) is 33.5 Å². The van der Waals surface area contributed by atoms with E-state index in [4.69, 9.17) is 4.74 Å². The van der Waals surface area contributed by atoms with Crippen molar-refractivity contribution in [3.8, 4) is 0 Å². The summed E-state index contributed by atoms with van der Waals surface area (Å²) in [6, 6.07) is 6.08. The Balaban J connectivity index is 1.94. The third kappa shape index (κ3) is 4.62. The highest BCUT2D eigenvalue weighted by atomic mass is 32.2. The van der Waals surface area contributed by atoms with Gasteiger partial charge in [0.05, 0.1) is 11.0 Å². The van der Waals surface area contributed by atoms with Gasteiger partial charge in [-0.15, -0.1) is 0 Å². The van der Waals surface area contributed by atoms with Crippen molar-refractivity contribution < 1.29 is 17.9 Å². The lowest BCUT2D eigenvalue weighted by Gasteiger charge is -2.22. The zero-order valence-corrected chi connectivity index (χ0v) is 13.0. The van der Waals surface area contributed by atoms with Gasteiger partial charge in [-0.05, 0) is 44.7 Å². The maximum atomic E-state index is 12.2. The van der Waals surface area contributed by atoms with Gasteiger partial charge in [-0.3, -0.25) is 4.79 Å². The fraction of sp³-hybridized carbons (Fsp3) is 0.533. The number of ether oxygens (including phenoxy) is 1. The Hall–Kier alpha value is -1.24. The van der Waals surface area contributed by atoms with E-state index in [-0.39, 0.29) is 16.8 Å². The molecule has 2 rings (SSSR count). The lowest BCUT2D eigenvalue weighted by molar-refractivity contribution is 0.0123. The summed E-state index contributed by atoms with van der Waals surface area (Å²) in [5.41, 5.74) is 0.397. The second-order valence-corrected chi connectivity index (χ2v) is 7.03. The predicted molar refractivity (Wildman–Crippen MR) is 79.8 cm³/mol. The van der Waals surface area contributed by atoms with Crippen LogP contribution in [0.2, 0.25) is 0 Å². The summed E-state index contributed by atoms with van der Waals surface area (Å²) in [4.78, 5) is 11.4. The molecule has 1 aromatic carbocycles. The molecule has 5 nitrogen and oxygen atoms in total. The van der Waals surface area contributed by atoms with Crippen molar-refractivity contribution in [1.29, 1.82) is 0 Å². The molecule has 0 saturated carbocycles. The van der Waals surface area contributed by atoms with Gasteiger partial charge in [0.25, 0.3) is 0 Å². The summed E-state index contributed by atoms with van der Waals surface area (Å²) < 4.78 is 32.5. The lowest BCUT2D eigenvalue weighted by atomic mass is 10.1. The number of ketones is 1. The second-order valence-electron chi connectivity index (χ2n) is 5.26. The standard InChI is InChI=1S/C15H21NO4S/c1-12(17)13-5-4-7-15(11-13)21(18,19)16-9-8-14-6-2-3-10-20-14/h4-5,7,11,14,16H,2-3,6,8-10H2,1H3. The molecule has 1 saturated heterocycles. The molecule has 21 heavy (non-hydrogen) atoms.